The van der Waals surface area contributed by atoms with E-state index in [1.54, 1.807) is 6.07 Å². The van der Waals surface area contributed by atoms with Crippen LogP contribution in [0, 0.1) is 5.92 Å². The van der Waals surface area contributed by atoms with Crippen LogP contribution in [0.3, 0.4) is 0 Å². The van der Waals surface area contributed by atoms with E-state index in [0.717, 1.165) is 48.5 Å². The predicted octanol–water partition coefficient (Wildman–Crippen LogP) is 3.97. The molecule has 1 fully saturated rings. The van der Waals surface area contributed by atoms with E-state index < -0.39 is 0 Å². The summed E-state index contributed by atoms with van der Waals surface area (Å²) < 4.78 is 5.85. The molecule has 1 N–H and O–H groups in total. The van der Waals surface area contributed by atoms with Gasteiger partial charge in [-0.15, -0.1) is 10.2 Å². The lowest BCUT2D eigenvalue weighted by atomic mass is 9.95. The summed E-state index contributed by atoms with van der Waals surface area (Å²) in [4.78, 5) is 14.8. The van der Waals surface area contributed by atoms with Crippen molar-refractivity contribution >= 4 is 34.3 Å². The van der Waals surface area contributed by atoms with E-state index in [4.69, 9.17) is 16.0 Å². The number of nitrogens with zero attached hydrogens (tertiary/aromatic N) is 3. The maximum absolute atomic E-state index is 12.7. The highest BCUT2D eigenvalue weighted by molar-refractivity contribution is 6.29. The van der Waals surface area contributed by atoms with E-state index in [1.807, 2.05) is 43.3 Å². The minimum absolute atomic E-state index is 0.00617. The molecular formula is C20H21ClN4O2. The van der Waals surface area contributed by atoms with Crippen LogP contribution in [0.4, 0.5) is 5.82 Å². The first-order valence-corrected chi connectivity index (χ1v) is 9.51. The molecular weight excluding hydrogens is 364 g/mol. The average molecular weight is 385 g/mol. The lowest BCUT2D eigenvalue weighted by Crippen LogP contribution is -2.41. The molecule has 0 unspecified atom stereocenters. The molecule has 3 heterocycles. The maximum atomic E-state index is 12.7. The monoisotopic (exact) mass is 384 g/mol. The van der Waals surface area contributed by atoms with E-state index in [2.05, 4.69) is 20.4 Å². The molecule has 7 heteroatoms. The highest BCUT2D eigenvalue weighted by Gasteiger charge is 2.27. The quantitative estimate of drug-likeness (QED) is 0.736. The number of fused-ring (bicyclic) bond motifs is 1. The van der Waals surface area contributed by atoms with Crippen molar-refractivity contribution in [1.82, 2.24) is 15.5 Å². The second-order valence-corrected chi connectivity index (χ2v) is 7.28. The number of hydrogen-bond donors (Lipinski definition) is 1. The maximum Gasteiger partial charge on any atom is 0.223 e. The van der Waals surface area contributed by atoms with Crippen LogP contribution >= 0.6 is 11.6 Å². The lowest BCUT2D eigenvalue weighted by molar-refractivity contribution is -0.126. The second-order valence-electron chi connectivity index (χ2n) is 6.89. The van der Waals surface area contributed by atoms with Crippen molar-refractivity contribution in [3.05, 3.63) is 53.4 Å². The van der Waals surface area contributed by atoms with Crippen LogP contribution in [0.25, 0.3) is 11.0 Å². The van der Waals surface area contributed by atoms with Crippen molar-refractivity contribution in [2.75, 3.05) is 18.0 Å². The fraction of sp³-hybridized carbons (Fsp3) is 0.350. The average Bonchev–Trinajstić information content (AvgIpc) is 3.13. The molecule has 0 saturated carbocycles. The van der Waals surface area contributed by atoms with Crippen LogP contribution in [0.1, 0.15) is 31.6 Å². The summed E-state index contributed by atoms with van der Waals surface area (Å²) in [5, 5.41) is 12.5. The number of para-hydroxylation sites is 1. The first-order chi connectivity index (χ1) is 13.1. The Balaban J connectivity index is 1.34. The molecule has 27 heavy (non-hydrogen) atoms. The topological polar surface area (TPSA) is 71.3 Å². The number of carbonyl (C=O) groups is 1. The summed E-state index contributed by atoms with van der Waals surface area (Å²) in [5.74, 6) is 1.64. The van der Waals surface area contributed by atoms with Crippen LogP contribution < -0.4 is 10.2 Å². The normalized spacial score (nSPS) is 16.4. The third kappa shape index (κ3) is 3.90. The minimum Gasteiger partial charge on any atom is -0.459 e. The smallest absolute Gasteiger partial charge is 0.223 e. The standard InChI is InChI=1S/C20H21ClN4O2/c1-13(17-12-15-4-2-3-5-16(15)27-17)22-20(26)14-8-10-25(11-9-14)19-7-6-18(21)23-24-19/h2-7,12-14H,8-11H2,1H3,(H,22,26)/t13-/m0/s1. The number of halogens is 1. The molecule has 140 valence electrons. The molecule has 0 aliphatic carbocycles. The van der Waals surface area contributed by atoms with Gasteiger partial charge in [-0.05, 0) is 44.0 Å². The summed E-state index contributed by atoms with van der Waals surface area (Å²) in [5.41, 5.74) is 0.839. The number of benzene rings is 1. The van der Waals surface area contributed by atoms with Gasteiger partial charge in [-0.25, -0.2) is 0 Å². The minimum atomic E-state index is -0.162. The Morgan fingerprint density at radius 3 is 2.70 bits per heavy atom. The second kappa shape index (κ2) is 7.56. The number of furan rings is 1. The predicted molar refractivity (Wildman–Crippen MR) is 105 cm³/mol. The number of rotatable bonds is 4. The molecule has 3 aromatic rings. The van der Waals surface area contributed by atoms with Gasteiger partial charge < -0.3 is 14.6 Å². The molecule has 0 bridgehead atoms. The van der Waals surface area contributed by atoms with E-state index in [1.165, 1.54) is 0 Å². The molecule has 6 nitrogen and oxygen atoms in total. The van der Waals surface area contributed by atoms with Gasteiger partial charge in [0.05, 0.1) is 6.04 Å². The summed E-state index contributed by atoms with van der Waals surface area (Å²) >= 11 is 5.79. The molecule has 1 aliphatic rings. The van der Waals surface area contributed by atoms with Crippen LogP contribution in [0.15, 0.2) is 46.9 Å². The zero-order valence-corrected chi connectivity index (χ0v) is 15.8. The van der Waals surface area contributed by atoms with Gasteiger partial charge >= 0.3 is 0 Å². The summed E-state index contributed by atoms with van der Waals surface area (Å²) in [7, 11) is 0. The third-order valence-corrected chi connectivity index (χ3v) is 5.24. The molecule has 1 aliphatic heterocycles. The van der Waals surface area contributed by atoms with Crippen molar-refractivity contribution in [1.29, 1.82) is 0 Å². The van der Waals surface area contributed by atoms with Crippen LogP contribution in [-0.4, -0.2) is 29.2 Å². The number of nitrogens with one attached hydrogen (secondary N) is 1. The highest BCUT2D eigenvalue weighted by Crippen LogP contribution is 2.26. The molecule has 1 atom stereocenters. The van der Waals surface area contributed by atoms with Gasteiger partial charge in [0.15, 0.2) is 11.0 Å². The SMILES string of the molecule is C[C@H](NC(=O)C1CCN(c2ccc(Cl)nn2)CC1)c1cc2ccccc2o1. The molecule has 1 amide bonds. The summed E-state index contributed by atoms with van der Waals surface area (Å²) in [6.45, 7) is 3.49. The molecule has 1 aromatic carbocycles. The van der Waals surface area contributed by atoms with Gasteiger partial charge in [0.2, 0.25) is 5.91 Å². The van der Waals surface area contributed by atoms with E-state index >= 15 is 0 Å². The van der Waals surface area contributed by atoms with Gasteiger partial charge in [0, 0.05) is 24.4 Å². The zero-order valence-electron chi connectivity index (χ0n) is 15.1. The van der Waals surface area contributed by atoms with Gasteiger partial charge in [0.1, 0.15) is 11.3 Å². The number of aromatic nitrogens is 2. The van der Waals surface area contributed by atoms with Gasteiger partial charge in [0.25, 0.3) is 0 Å². The fourth-order valence-corrected chi connectivity index (χ4v) is 3.57. The molecule has 0 spiro atoms. The van der Waals surface area contributed by atoms with Crippen LogP contribution in [0.2, 0.25) is 5.15 Å². The van der Waals surface area contributed by atoms with Crippen molar-refractivity contribution in [3.8, 4) is 0 Å². The fourth-order valence-electron chi connectivity index (χ4n) is 3.47. The Kier molecular flexibility index (Phi) is 4.99. The Labute approximate surface area is 162 Å². The molecule has 1 saturated heterocycles. The van der Waals surface area contributed by atoms with Gasteiger partial charge in [-0.1, -0.05) is 29.8 Å². The zero-order chi connectivity index (χ0) is 18.8. The molecule has 2 aromatic heterocycles. The number of amides is 1. The Bertz CT molecular complexity index is 900. The number of piperidine rings is 1. The largest absolute Gasteiger partial charge is 0.459 e. The van der Waals surface area contributed by atoms with E-state index in [9.17, 15) is 4.79 Å². The van der Waals surface area contributed by atoms with Crippen LogP contribution in [0.5, 0.6) is 0 Å². The number of hydrogen-bond acceptors (Lipinski definition) is 5. The first kappa shape index (κ1) is 17.8. The van der Waals surface area contributed by atoms with Crippen LogP contribution in [-0.2, 0) is 4.79 Å². The van der Waals surface area contributed by atoms with E-state index in [-0.39, 0.29) is 17.9 Å². The van der Waals surface area contributed by atoms with Crippen molar-refractivity contribution < 1.29 is 9.21 Å². The highest BCUT2D eigenvalue weighted by atomic mass is 35.5. The Hall–Kier alpha value is -2.60. The summed E-state index contributed by atoms with van der Waals surface area (Å²) in [6, 6.07) is 13.3. The number of anilines is 1. The lowest BCUT2D eigenvalue weighted by Gasteiger charge is -2.32. The van der Waals surface area contributed by atoms with Gasteiger partial charge in [-0.2, -0.15) is 0 Å². The first-order valence-electron chi connectivity index (χ1n) is 9.13. The van der Waals surface area contributed by atoms with Crippen molar-refractivity contribution in [2.45, 2.75) is 25.8 Å². The molecule has 0 radical (unpaired) electrons. The summed E-state index contributed by atoms with van der Waals surface area (Å²) in [6.07, 6.45) is 1.56. The van der Waals surface area contributed by atoms with Gasteiger partial charge in [-0.3, -0.25) is 4.79 Å². The third-order valence-electron chi connectivity index (χ3n) is 5.04. The molecule has 4 rings (SSSR count). The van der Waals surface area contributed by atoms with E-state index in [0.29, 0.717) is 5.15 Å². The Morgan fingerprint density at radius 1 is 1.22 bits per heavy atom. The van der Waals surface area contributed by atoms with Crippen molar-refractivity contribution in [3.63, 3.8) is 0 Å². The Morgan fingerprint density at radius 2 is 2.00 bits per heavy atom. The number of carbonyl (C=O) groups excluding carboxylic acids is 1. The van der Waals surface area contributed by atoms with Crippen molar-refractivity contribution in [2.24, 2.45) is 5.92 Å².